The number of ether oxygens (including phenoxy) is 1. The molecule has 4 heteroatoms. The van der Waals surface area contributed by atoms with Gasteiger partial charge in [0.05, 0.1) is 18.1 Å². The van der Waals surface area contributed by atoms with Crippen LogP contribution in [0.4, 0.5) is 0 Å². The lowest BCUT2D eigenvalue weighted by atomic mass is 9.75. The van der Waals surface area contributed by atoms with E-state index >= 15 is 0 Å². The molecule has 1 saturated carbocycles. The second-order valence-electron chi connectivity index (χ2n) is 6.62. The van der Waals surface area contributed by atoms with Gasteiger partial charge in [-0.05, 0) is 31.7 Å². The third-order valence-corrected chi connectivity index (χ3v) is 5.04. The number of nitrogens with one attached hydrogen (secondary N) is 2. The maximum atomic E-state index is 12.5. The van der Waals surface area contributed by atoms with Gasteiger partial charge in [-0.25, -0.2) is 0 Å². The van der Waals surface area contributed by atoms with Gasteiger partial charge in [-0.2, -0.15) is 0 Å². The number of carbonyl (C=O) groups excluding carboxylic acids is 1. The molecule has 20 heavy (non-hydrogen) atoms. The Hall–Kier alpha value is -0.610. The molecule has 1 heterocycles. The fraction of sp³-hybridized carbons (Fsp3) is 0.938. The highest BCUT2D eigenvalue weighted by Crippen LogP contribution is 2.34. The van der Waals surface area contributed by atoms with Crippen molar-refractivity contribution in [2.75, 3.05) is 26.2 Å². The average molecular weight is 282 g/mol. The van der Waals surface area contributed by atoms with Gasteiger partial charge < -0.3 is 15.4 Å². The molecule has 1 saturated heterocycles. The van der Waals surface area contributed by atoms with Crippen molar-refractivity contribution in [2.24, 2.45) is 11.3 Å². The molecule has 1 unspecified atom stereocenters. The van der Waals surface area contributed by atoms with Gasteiger partial charge in [0.15, 0.2) is 0 Å². The zero-order valence-corrected chi connectivity index (χ0v) is 13.0. The number of hydrogen-bond acceptors (Lipinski definition) is 3. The third kappa shape index (κ3) is 3.73. The zero-order valence-electron chi connectivity index (χ0n) is 13.0. The summed E-state index contributed by atoms with van der Waals surface area (Å²) in [5.41, 5.74) is -0.217. The van der Waals surface area contributed by atoms with Gasteiger partial charge in [0.1, 0.15) is 0 Å². The van der Waals surface area contributed by atoms with Gasteiger partial charge in [0, 0.05) is 13.1 Å². The molecule has 1 amide bonds. The Balaban J connectivity index is 1.68. The Morgan fingerprint density at radius 1 is 1.35 bits per heavy atom. The van der Waals surface area contributed by atoms with Crippen molar-refractivity contribution in [1.29, 1.82) is 0 Å². The lowest BCUT2D eigenvalue weighted by molar-refractivity contribution is -0.132. The van der Waals surface area contributed by atoms with Gasteiger partial charge in [-0.1, -0.05) is 33.1 Å². The second-order valence-corrected chi connectivity index (χ2v) is 6.62. The fourth-order valence-corrected chi connectivity index (χ4v) is 3.46. The maximum absolute atomic E-state index is 12.5. The topological polar surface area (TPSA) is 50.4 Å². The Morgan fingerprint density at radius 3 is 2.70 bits per heavy atom. The summed E-state index contributed by atoms with van der Waals surface area (Å²) in [6, 6.07) is 0. The molecule has 1 aliphatic heterocycles. The summed E-state index contributed by atoms with van der Waals surface area (Å²) >= 11 is 0. The molecule has 2 rings (SSSR count). The molecular weight excluding hydrogens is 252 g/mol. The second kappa shape index (κ2) is 7.41. The van der Waals surface area contributed by atoms with Crippen molar-refractivity contribution in [3.05, 3.63) is 0 Å². The standard InChI is InChI=1S/C16H30N2O2/c1-13(2)16(8-9-17-12-16)15(19)18-10-11-20-14-6-4-3-5-7-14/h13-14,17H,3-12H2,1-2H3,(H,18,19). The largest absolute Gasteiger partial charge is 0.376 e. The molecule has 0 radical (unpaired) electrons. The lowest BCUT2D eigenvalue weighted by Crippen LogP contribution is -2.47. The maximum Gasteiger partial charge on any atom is 0.227 e. The first-order chi connectivity index (χ1) is 9.65. The minimum atomic E-state index is -0.217. The van der Waals surface area contributed by atoms with Crippen LogP contribution in [0.2, 0.25) is 0 Å². The molecular formula is C16H30N2O2. The van der Waals surface area contributed by atoms with Crippen molar-refractivity contribution in [3.8, 4) is 0 Å². The van der Waals surface area contributed by atoms with Crippen molar-refractivity contribution >= 4 is 5.91 Å². The van der Waals surface area contributed by atoms with Gasteiger partial charge in [-0.15, -0.1) is 0 Å². The first-order valence-electron chi connectivity index (χ1n) is 8.26. The van der Waals surface area contributed by atoms with Crippen LogP contribution in [-0.4, -0.2) is 38.3 Å². The Bertz CT molecular complexity index is 306. The van der Waals surface area contributed by atoms with Gasteiger partial charge in [-0.3, -0.25) is 4.79 Å². The summed E-state index contributed by atoms with van der Waals surface area (Å²) < 4.78 is 5.86. The number of hydrogen-bond donors (Lipinski definition) is 2. The average Bonchev–Trinajstić information content (AvgIpc) is 2.95. The SMILES string of the molecule is CC(C)C1(C(=O)NCCOC2CCCCC2)CCNC1. The minimum Gasteiger partial charge on any atom is -0.376 e. The van der Waals surface area contributed by atoms with Crippen LogP contribution in [0.1, 0.15) is 52.4 Å². The smallest absolute Gasteiger partial charge is 0.227 e. The molecule has 2 N–H and O–H groups in total. The molecule has 0 spiro atoms. The Kier molecular flexibility index (Phi) is 5.85. The predicted molar refractivity (Wildman–Crippen MR) is 80.6 cm³/mol. The van der Waals surface area contributed by atoms with E-state index in [4.69, 9.17) is 4.74 Å². The van der Waals surface area contributed by atoms with Crippen molar-refractivity contribution in [1.82, 2.24) is 10.6 Å². The fourth-order valence-electron chi connectivity index (χ4n) is 3.46. The van der Waals surface area contributed by atoms with E-state index in [1.54, 1.807) is 0 Å². The quantitative estimate of drug-likeness (QED) is 0.733. The van der Waals surface area contributed by atoms with E-state index in [1.165, 1.54) is 32.1 Å². The van der Waals surface area contributed by atoms with E-state index in [0.29, 0.717) is 25.2 Å². The highest BCUT2D eigenvalue weighted by molar-refractivity contribution is 5.83. The van der Waals surface area contributed by atoms with E-state index < -0.39 is 0 Å². The molecule has 1 aliphatic carbocycles. The summed E-state index contributed by atoms with van der Waals surface area (Å²) in [4.78, 5) is 12.5. The van der Waals surface area contributed by atoms with Crippen molar-refractivity contribution < 1.29 is 9.53 Å². The van der Waals surface area contributed by atoms with Crippen LogP contribution in [0, 0.1) is 11.3 Å². The number of carbonyl (C=O) groups is 1. The minimum absolute atomic E-state index is 0.199. The van der Waals surface area contributed by atoms with Crippen LogP contribution in [-0.2, 0) is 9.53 Å². The van der Waals surface area contributed by atoms with Crippen LogP contribution in [0.25, 0.3) is 0 Å². The monoisotopic (exact) mass is 282 g/mol. The number of amides is 1. The molecule has 0 aromatic rings. The lowest BCUT2D eigenvalue weighted by Gasteiger charge is -2.31. The van der Waals surface area contributed by atoms with Crippen molar-refractivity contribution in [3.63, 3.8) is 0 Å². The third-order valence-electron chi connectivity index (χ3n) is 5.04. The molecule has 1 atom stereocenters. The van der Waals surface area contributed by atoms with Crippen LogP contribution in [0.5, 0.6) is 0 Å². The van der Waals surface area contributed by atoms with E-state index in [2.05, 4.69) is 24.5 Å². The van der Waals surface area contributed by atoms with Gasteiger partial charge >= 0.3 is 0 Å². The molecule has 116 valence electrons. The summed E-state index contributed by atoms with van der Waals surface area (Å²) in [6.07, 6.45) is 7.67. The predicted octanol–water partition coefficient (Wildman–Crippen LogP) is 2.09. The molecule has 4 nitrogen and oxygen atoms in total. The first-order valence-corrected chi connectivity index (χ1v) is 8.26. The highest BCUT2D eigenvalue weighted by atomic mass is 16.5. The van der Waals surface area contributed by atoms with Crippen LogP contribution >= 0.6 is 0 Å². The molecule has 0 aromatic carbocycles. The zero-order chi connectivity index (χ0) is 14.4. The molecule has 2 aliphatic rings. The highest BCUT2D eigenvalue weighted by Gasteiger charge is 2.43. The van der Waals surface area contributed by atoms with Gasteiger partial charge in [0.25, 0.3) is 0 Å². The van der Waals surface area contributed by atoms with Crippen LogP contribution in [0.3, 0.4) is 0 Å². The summed E-state index contributed by atoms with van der Waals surface area (Å²) in [5.74, 6) is 0.571. The molecule has 0 aromatic heterocycles. The first kappa shape index (κ1) is 15.8. The molecule has 2 fully saturated rings. The Morgan fingerprint density at radius 2 is 2.10 bits per heavy atom. The summed E-state index contributed by atoms with van der Waals surface area (Å²) in [7, 11) is 0. The van der Waals surface area contributed by atoms with E-state index in [9.17, 15) is 4.79 Å². The van der Waals surface area contributed by atoms with Crippen LogP contribution < -0.4 is 10.6 Å². The normalized spacial score (nSPS) is 27.9. The van der Waals surface area contributed by atoms with E-state index in [0.717, 1.165) is 19.5 Å². The van der Waals surface area contributed by atoms with E-state index in [1.807, 2.05) is 0 Å². The summed E-state index contributed by atoms with van der Waals surface area (Å²) in [5, 5.41) is 6.41. The van der Waals surface area contributed by atoms with Crippen molar-refractivity contribution in [2.45, 2.75) is 58.5 Å². The number of rotatable bonds is 6. The van der Waals surface area contributed by atoms with Crippen LogP contribution in [0.15, 0.2) is 0 Å². The Labute approximate surface area is 123 Å². The van der Waals surface area contributed by atoms with Gasteiger partial charge in [0.2, 0.25) is 5.91 Å². The van der Waals surface area contributed by atoms with E-state index in [-0.39, 0.29) is 11.3 Å². The molecule has 0 bridgehead atoms. The summed E-state index contributed by atoms with van der Waals surface area (Å²) in [6.45, 7) is 7.34.